The van der Waals surface area contributed by atoms with Crippen LogP contribution in [0.1, 0.15) is 10.5 Å². The fourth-order valence-electron chi connectivity index (χ4n) is 1.75. The lowest BCUT2D eigenvalue weighted by Crippen LogP contribution is -2.15. The van der Waals surface area contributed by atoms with E-state index in [-0.39, 0.29) is 23.8 Å². The first kappa shape index (κ1) is 14.3. The molecular formula is C13H11BrN2O4. The van der Waals surface area contributed by atoms with Crippen molar-refractivity contribution >= 4 is 27.4 Å². The summed E-state index contributed by atoms with van der Waals surface area (Å²) < 4.78 is 7.42. The largest absolute Gasteiger partial charge is 0.478 e. The normalized spacial score (nSPS) is 10.3. The van der Waals surface area contributed by atoms with Crippen LogP contribution in [0.3, 0.4) is 0 Å². The average Bonchev–Trinajstić information content (AvgIpc) is 2.83. The van der Waals surface area contributed by atoms with E-state index in [2.05, 4.69) is 15.9 Å². The van der Waals surface area contributed by atoms with Crippen LogP contribution < -0.4 is 4.74 Å². The zero-order chi connectivity index (χ0) is 14.7. The van der Waals surface area contributed by atoms with Crippen molar-refractivity contribution in [2.24, 2.45) is 7.05 Å². The Morgan fingerprint density at radius 3 is 2.75 bits per heavy atom. The van der Waals surface area contributed by atoms with Crippen molar-refractivity contribution in [2.45, 2.75) is 0 Å². The third-order valence-corrected chi connectivity index (χ3v) is 3.34. The Kier molecular flexibility index (Phi) is 4.19. The number of aromatic nitrogens is 1. The average molecular weight is 339 g/mol. The van der Waals surface area contributed by atoms with Gasteiger partial charge >= 0.3 is 5.69 Å². The summed E-state index contributed by atoms with van der Waals surface area (Å²) >= 11 is 3.18. The second-order valence-electron chi connectivity index (χ2n) is 4.06. The number of hydrogen-bond acceptors (Lipinski definition) is 4. The standard InChI is InChI=1S/C13H11BrN2O4/c1-15-7-3-6-10(15)12(17)8-20-13-9(14)4-2-5-11(13)16(18)19/h2-7H,8H2,1H3. The van der Waals surface area contributed by atoms with E-state index in [9.17, 15) is 14.9 Å². The number of rotatable bonds is 5. The number of nitrogens with zero attached hydrogens (tertiary/aromatic N) is 2. The minimum atomic E-state index is -0.549. The molecule has 0 amide bonds. The zero-order valence-corrected chi connectivity index (χ0v) is 12.2. The number of benzene rings is 1. The summed E-state index contributed by atoms with van der Waals surface area (Å²) in [5, 5.41) is 10.9. The summed E-state index contributed by atoms with van der Waals surface area (Å²) in [6.45, 7) is -0.263. The molecule has 104 valence electrons. The Morgan fingerprint density at radius 2 is 2.15 bits per heavy atom. The molecule has 0 spiro atoms. The van der Waals surface area contributed by atoms with Crippen molar-refractivity contribution in [3.05, 3.63) is 56.8 Å². The van der Waals surface area contributed by atoms with Crippen LogP contribution in [-0.4, -0.2) is 21.9 Å². The Bertz CT molecular complexity index is 666. The summed E-state index contributed by atoms with van der Waals surface area (Å²) in [4.78, 5) is 22.3. The first-order valence-corrected chi connectivity index (χ1v) is 6.50. The Morgan fingerprint density at radius 1 is 1.40 bits per heavy atom. The number of carbonyl (C=O) groups is 1. The predicted octanol–water partition coefficient (Wildman–Crippen LogP) is 2.96. The summed E-state index contributed by atoms with van der Waals surface area (Å²) in [5.74, 6) is -0.192. The molecule has 1 aromatic carbocycles. The molecule has 2 rings (SSSR count). The molecule has 6 nitrogen and oxygen atoms in total. The van der Waals surface area contributed by atoms with Crippen LogP contribution in [0.4, 0.5) is 5.69 Å². The fourth-order valence-corrected chi connectivity index (χ4v) is 2.22. The third kappa shape index (κ3) is 2.88. The molecule has 0 aliphatic carbocycles. The maximum Gasteiger partial charge on any atom is 0.312 e. The number of ether oxygens (including phenoxy) is 1. The maximum atomic E-state index is 12.0. The number of halogens is 1. The van der Waals surface area contributed by atoms with Crippen LogP contribution in [0.5, 0.6) is 5.75 Å². The highest BCUT2D eigenvalue weighted by atomic mass is 79.9. The van der Waals surface area contributed by atoms with E-state index >= 15 is 0 Å². The van der Waals surface area contributed by atoms with Gasteiger partial charge < -0.3 is 9.30 Å². The van der Waals surface area contributed by atoms with E-state index in [4.69, 9.17) is 4.74 Å². The molecule has 7 heteroatoms. The van der Waals surface area contributed by atoms with Crippen LogP contribution in [0.15, 0.2) is 41.0 Å². The van der Waals surface area contributed by atoms with E-state index in [1.54, 1.807) is 36.0 Å². The molecule has 0 saturated carbocycles. The second kappa shape index (κ2) is 5.87. The van der Waals surface area contributed by atoms with Gasteiger partial charge in [-0.1, -0.05) is 6.07 Å². The summed E-state index contributed by atoms with van der Waals surface area (Å²) in [6, 6.07) is 7.89. The highest BCUT2D eigenvalue weighted by molar-refractivity contribution is 9.10. The van der Waals surface area contributed by atoms with Gasteiger partial charge in [-0.15, -0.1) is 0 Å². The van der Waals surface area contributed by atoms with Gasteiger partial charge in [0.1, 0.15) is 0 Å². The fraction of sp³-hybridized carbons (Fsp3) is 0.154. The van der Waals surface area contributed by atoms with E-state index in [0.29, 0.717) is 10.2 Å². The van der Waals surface area contributed by atoms with Crippen molar-refractivity contribution in [2.75, 3.05) is 6.61 Å². The highest BCUT2D eigenvalue weighted by Gasteiger charge is 2.19. The number of nitro groups is 1. The van der Waals surface area contributed by atoms with Crippen LogP contribution >= 0.6 is 15.9 Å². The predicted molar refractivity (Wildman–Crippen MR) is 76.0 cm³/mol. The number of carbonyl (C=O) groups excluding carboxylic acids is 1. The molecule has 0 N–H and O–H groups in total. The first-order chi connectivity index (χ1) is 9.50. The molecule has 0 bridgehead atoms. The summed E-state index contributed by atoms with van der Waals surface area (Å²) in [5.41, 5.74) is 0.304. The minimum absolute atomic E-state index is 0.0556. The van der Waals surface area contributed by atoms with Crippen LogP contribution in [-0.2, 0) is 7.05 Å². The quantitative estimate of drug-likeness (QED) is 0.477. The smallest absolute Gasteiger partial charge is 0.312 e. The van der Waals surface area contributed by atoms with Crippen molar-refractivity contribution in [1.29, 1.82) is 0 Å². The number of aryl methyl sites for hydroxylation is 1. The number of Topliss-reactive ketones (excluding diaryl/α,β-unsaturated/α-hetero) is 1. The third-order valence-electron chi connectivity index (χ3n) is 2.72. The van der Waals surface area contributed by atoms with Crippen molar-refractivity contribution in [1.82, 2.24) is 4.57 Å². The van der Waals surface area contributed by atoms with Gasteiger partial charge in [-0.25, -0.2) is 0 Å². The van der Waals surface area contributed by atoms with Gasteiger partial charge in [0, 0.05) is 19.3 Å². The van der Waals surface area contributed by atoms with E-state index in [0.717, 1.165) is 0 Å². The molecule has 2 aromatic rings. The van der Waals surface area contributed by atoms with Gasteiger partial charge in [-0.3, -0.25) is 14.9 Å². The lowest BCUT2D eigenvalue weighted by molar-refractivity contribution is -0.385. The monoisotopic (exact) mass is 338 g/mol. The zero-order valence-electron chi connectivity index (χ0n) is 10.6. The van der Waals surface area contributed by atoms with Crippen molar-refractivity contribution in [3.8, 4) is 5.75 Å². The molecule has 20 heavy (non-hydrogen) atoms. The van der Waals surface area contributed by atoms with Crippen LogP contribution in [0.2, 0.25) is 0 Å². The molecule has 0 unspecified atom stereocenters. The molecular weight excluding hydrogens is 328 g/mol. The molecule has 0 aliphatic rings. The summed E-state index contributed by atoms with van der Waals surface area (Å²) in [7, 11) is 1.74. The van der Waals surface area contributed by atoms with Gasteiger partial charge in [0.2, 0.25) is 11.5 Å². The molecule has 0 saturated heterocycles. The van der Waals surface area contributed by atoms with Crippen LogP contribution in [0.25, 0.3) is 0 Å². The van der Waals surface area contributed by atoms with E-state index in [1.165, 1.54) is 12.1 Å². The minimum Gasteiger partial charge on any atom is -0.478 e. The Balaban J connectivity index is 2.18. The number of nitro benzene ring substituents is 1. The van der Waals surface area contributed by atoms with E-state index in [1.807, 2.05) is 0 Å². The van der Waals surface area contributed by atoms with Crippen molar-refractivity contribution < 1.29 is 14.5 Å². The van der Waals surface area contributed by atoms with Gasteiger partial charge in [0.05, 0.1) is 15.1 Å². The van der Waals surface area contributed by atoms with Gasteiger partial charge in [-0.2, -0.15) is 0 Å². The first-order valence-electron chi connectivity index (χ1n) is 5.71. The SMILES string of the molecule is Cn1cccc1C(=O)COc1c(Br)cccc1[N+](=O)[O-]. The lowest BCUT2D eigenvalue weighted by Gasteiger charge is -2.08. The van der Waals surface area contributed by atoms with Crippen molar-refractivity contribution in [3.63, 3.8) is 0 Å². The summed E-state index contributed by atoms with van der Waals surface area (Å²) in [6.07, 6.45) is 1.74. The van der Waals surface area contributed by atoms with Gasteiger partial charge in [-0.05, 0) is 34.1 Å². The number of ketones is 1. The molecule has 0 atom stereocenters. The molecule has 0 aliphatic heterocycles. The Hall–Kier alpha value is -2.15. The topological polar surface area (TPSA) is 74.4 Å². The van der Waals surface area contributed by atoms with Crippen LogP contribution in [0, 0.1) is 10.1 Å². The van der Waals surface area contributed by atoms with Gasteiger partial charge in [0.25, 0.3) is 0 Å². The number of hydrogen-bond donors (Lipinski definition) is 0. The maximum absolute atomic E-state index is 12.0. The molecule has 1 aromatic heterocycles. The number of para-hydroxylation sites is 1. The van der Waals surface area contributed by atoms with Gasteiger partial charge in [0.15, 0.2) is 6.61 Å². The second-order valence-corrected chi connectivity index (χ2v) is 4.92. The Labute approximate surface area is 123 Å². The lowest BCUT2D eigenvalue weighted by atomic mass is 10.3. The van der Waals surface area contributed by atoms with E-state index < -0.39 is 4.92 Å². The molecule has 0 fully saturated rings. The molecule has 1 heterocycles. The highest BCUT2D eigenvalue weighted by Crippen LogP contribution is 2.34. The molecule has 0 radical (unpaired) electrons.